The fourth-order valence-corrected chi connectivity index (χ4v) is 8.72. The van der Waals surface area contributed by atoms with Crippen LogP contribution in [0.3, 0.4) is 0 Å². The Morgan fingerprint density at radius 3 is 2.56 bits per heavy atom. The van der Waals surface area contributed by atoms with Gasteiger partial charge in [-0.1, -0.05) is 72.0 Å². The largest absolute Gasteiger partial charge is 0.0845 e. The average molecular weight is 371 g/mol. The molecule has 0 amide bonds. The van der Waals surface area contributed by atoms with Gasteiger partial charge in [-0.25, -0.2) is 0 Å². The Hall–Kier alpha value is -0.260. The predicted molar refractivity (Wildman–Crippen MR) is 118 cm³/mol. The molecule has 0 nitrogen and oxygen atoms in total. The Balaban J connectivity index is 1.49. The van der Waals surface area contributed by atoms with E-state index in [1.165, 1.54) is 77.0 Å². The third kappa shape index (κ3) is 3.36. The zero-order chi connectivity index (χ0) is 19.2. The smallest absolute Gasteiger partial charge is 0.00853 e. The summed E-state index contributed by atoms with van der Waals surface area (Å²) in [4.78, 5) is 0. The van der Waals surface area contributed by atoms with Crippen molar-refractivity contribution in [3.63, 3.8) is 0 Å². The molecule has 0 saturated heterocycles. The second kappa shape index (κ2) is 7.53. The molecule has 0 radical (unpaired) electrons. The standard InChI is InChI=1S/C27H46/c1-19(2)9-8-10-20(3)23-14-15-24-22-13-12-21-11-6-7-17-26(21,4)25(22)16-18-27(23,24)5/h12,19-20,22-25H,6-11,13-18H2,1-5H3/t20-,22+,23-,24+,25-,26+,27-/m1/s1. The summed E-state index contributed by atoms with van der Waals surface area (Å²) in [5.74, 6) is 5.84. The first-order valence-corrected chi connectivity index (χ1v) is 12.6. The van der Waals surface area contributed by atoms with Crippen LogP contribution in [0.5, 0.6) is 0 Å². The van der Waals surface area contributed by atoms with Crippen molar-refractivity contribution in [3.8, 4) is 0 Å². The van der Waals surface area contributed by atoms with Gasteiger partial charge in [-0.15, -0.1) is 0 Å². The molecule has 0 N–H and O–H groups in total. The molecule has 0 aromatic carbocycles. The summed E-state index contributed by atoms with van der Waals surface area (Å²) in [6.45, 7) is 12.8. The van der Waals surface area contributed by atoms with E-state index in [9.17, 15) is 0 Å². The van der Waals surface area contributed by atoms with E-state index >= 15 is 0 Å². The van der Waals surface area contributed by atoms with Gasteiger partial charge in [0.05, 0.1) is 0 Å². The highest BCUT2D eigenvalue weighted by Gasteiger charge is 2.58. The molecule has 4 aliphatic carbocycles. The van der Waals surface area contributed by atoms with E-state index in [0.29, 0.717) is 10.8 Å². The lowest BCUT2D eigenvalue weighted by molar-refractivity contribution is -0.0500. The summed E-state index contributed by atoms with van der Waals surface area (Å²) >= 11 is 0. The van der Waals surface area contributed by atoms with E-state index in [1.807, 2.05) is 5.57 Å². The third-order valence-corrected chi connectivity index (χ3v) is 10.2. The number of hydrogen-bond donors (Lipinski definition) is 0. The first-order valence-electron chi connectivity index (χ1n) is 12.6. The van der Waals surface area contributed by atoms with Crippen LogP contribution in [0.2, 0.25) is 0 Å². The van der Waals surface area contributed by atoms with Gasteiger partial charge in [-0.05, 0) is 97.7 Å². The minimum atomic E-state index is 0.573. The molecule has 3 fully saturated rings. The van der Waals surface area contributed by atoms with Gasteiger partial charge in [-0.2, -0.15) is 0 Å². The minimum Gasteiger partial charge on any atom is -0.0845 e. The summed E-state index contributed by atoms with van der Waals surface area (Å²) in [6.07, 6.45) is 20.5. The Morgan fingerprint density at radius 1 is 0.963 bits per heavy atom. The topological polar surface area (TPSA) is 0 Å². The minimum absolute atomic E-state index is 0.573. The SMILES string of the molecule is CC(C)CCC[C@@H](C)[C@H]1CC[C@H]2[C@@H]3CC=C4CCCC[C@]4(C)[C@@H]3CC[C@]12C. The molecule has 7 atom stereocenters. The maximum atomic E-state index is 2.74. The molecule has 0 unspecified atom stereocenters. The molecule has 154 valence electrons. The van der Waals surface area contributed by atoms with E-state index in [0.717, 1.165) is 35.5 Å². The van der Waals surface area contributed by atoms with Crippen molar-refractivity contribution in [2.45, 2.75) is 112 Å². The van der Waals surface area contributed by atoms with Crippen LogP contribution in [0, 0.1) is 46.3 Å². The van der Waals surface area contributed by atoms with Crippen molar-refractivity contribution < 1.29 is 0 Å². The molecule has 0 spiro atoms. The van der Waals surface area contributed by atoms with E-state index < -0.39 is 0 Å². The van der Waals surface area contributed by atoms with Crippen LogP contribution in [0.1, 0.15) is 112 Å². The van der Waals surface area contributed by atoms with E-state index in [-0.39, 0.29) is 0 Å². The summed E-state index contributed by atoms with van der Waals surface area (Å²) in [7, 11) is 0. The maximum Gasteiger partial charge on any atom is -0.00853 e. The van der Waals surface area contributed by atoms with Gasteiger partial charge < -0.3 is 0 Å². The lowest BCUT2D eigenvalue weighted by Gasteiger charge is -2.58. The Labute approximate surface area is 170 Å². The second-order valence-corrected chi connectivity index (χ2v) is 12.0. The summed E-state index contributed by atoms with van der Waals surface area (Å²) in [5.41, 5.74) is 3.09. The van der Waals surface area contributed by atoms with Crippen LogP contribution < -0.4 is 0 Å². The fraction of sp³-hybridized carbons (Fsp3) is 0.926. The molecular formula is C27H46. The molecule has 0 aromatic rings. The molecular weight excluding hydrogens is 324 g/mol. The summed E-state index contributed by atoms with van der Waals surface area (Å²) < 4.78 is 0. The Bertz CT molecular complexity index is 556. The molecule has 3 saturated carbocycles. The molecule has 0 heteroatoms. The predicted octanol–water partition coefficient (Wildman–Crippen LogP) is 8.42. The van der Waals surface area contributed by atoms with Crippen molar-refractivity contribution in [1.82, 2.24) is 0 Å². The molecule has 4 rings (SSSR count). The van der Waals surface area contributed by atoms with Crippen molar-refractivity contribution in [2.24, 2.45) is 46.3 Å². The average Bonchev–Trinajstić information content (AvgIpc) is 2.98. The summed E-state index contributed by atoms with van der Waals surface area (Å²) in [5, 5.41) is 0. The zero-order valence-corrected chi connectivity index (χ0v) is 19.0. The van der Waals surface area contributed by atoms with Crippen LogP contribution in [0.15, 0.2) is 11.6 Å². The van der Waals surface area contributed by atoms with Gasteiger partial charge in [0.25, 0.3) is 0 Å². The first-order chi connectivity index (χ1) is 12.9. The number of rotatable bonds is 5. The third-order valence-electron chi connectivity index (χ3n) is 10.2. The van der Waals surface area contributed by atoms with Crippen LogP contribution >= 0.6 is 0 Å². The van der Waals surface area contributed by atoms with E-state index in [4.69, 9.17) is 0 Å². The fourth-order valence-electron chi connectivity index (χ4n) is 8.72. The molecule has 0 aliphatic heterocycles. The number of hydrogen-bond acceptors (Lipinski definition) is 0. The van der Waals surface area contributed by atoms with Gasteiger partial charge >= 0.3 is 0 Å². The van der Waals surface area contributed by atoms with Crippen LogP contribution in [0.4, 0.5) is 0 Å². The first kappa shape index (κ1) is 20.0. The molecule has 27 heavy (non-hydrogen) atoms. The monoisotopic (exact) mass is 370 g/mol. The van der Waals surface area contributed by atoms with Crippen LogP contribution in [-0.2, 0) is 0 Å². The van der Waals surface area contributed by atoms with Crippen molar-refractivity contribution in [2.75, 3.05) is 0 Å². The van der Waals surface area contributed by atoms with Crippen molar-refractivity contribution >= 4 is 0 Å². The Kier molecular flexibility index (Phi) is 5.59. The van der Waals surface area contributed by atoms with Crippen molar-refractivity contribution in [1.29, 1.82) is 0 Å². The van der Waals surface area contributed by atoms with Gasteiger partial charge in [0.2, 0.25) is 0 Å². The van der Waals surface area contributed by atoms with E-state index in [1.54, 1.807) is 0 Å². The van der Waals surface area contributed by atoms with E-state index in [2.05, 4.69) is 40.7 Å². The molecule has 0 aromatic heterocycles. The molecule has 4 aliphatic rings. The number of allylic oxidation sites excluding steroid dienone is 2. The summed E-state index contributed by atoms with van der Waals surface area (Å²) in [6, 6.07) is 0. The molecule has 0 heterocycles. The maximum absolute atomic E-state index is 2.74. The Morgan fingerprint density at radius 2 is 1.78 bits per heavy atom. The van der Waals surface area contributed by atoms with Gasteiger partial charge in [0, 0.05) is 0 Å². The van der Waals surface area contributed by atoms with Gasteiger partial charge in [0.15, 0.2) is 0 Å². The van der Waals surface area contributed by atoms with Gasteiger partial charge in [0.1, 0.15) is 0 Å². The zero-order valence-electron chi connectivity index (χ0n) is 19.0. The van der Waals surface area contributed by atoms with Crippen LogP contribution in [-0.4, -0.2) is 0 Å². The highest BCUT2D eigenvalue weighted by atomic mass is 14.6. The quantitative estimate of drug-likeness (QED) is 0.426. The molecule has 0 bridgehead atoms. The normalized spacial score (nSPS) is 45.0. The highest BCUT2D eigenvalue weighted by molar-refractivity contribution is 5.24. The number of fused-ring (bicyclic) bond motifs is 5. The van der Waals surface area contributed by atoms with Gasteiger partial charge in [-0.3, -0.25) is 0 Å². The lowest BCUT2D eigenvalue weighted by atomic mass is 9.47. The highest BCUT2D eigenvalue weighted by Crippen LogP contribution is 2.67. The van der Waals surface area contributed by atoms with Crippen LogP contribution in [0.25, 0.3) is 0 Å². The second-order valence-electron chi connectivity index (χ2n) is 12.0. The lowest BCUT2D eigenvalue weighted by Crippen LogP contribution is -2.50. The van der Waals surface area contributed by atoms with Crippen molar-refractivity contribution in [3.05, 3.63) is 11.6 Å².